The van der Waals surface area contributed by atoms with Crippen molar-refractivity contribution < 1.29 is 9.90 Å². The fraction of sp³-hybridized carbons (Fsp3) is 0.571. The number of carbonyl (C=O) groups is 1. The highest BCUT2D eigenvalue weighted by atomic mass is 16.4. The van der Waals surface area contributed by atoms with Gasteiger partial charge in [-0.1, -0.05) is 19.8 Å². The fourth-order valence-electron chi connectivity index (χ4n) is 2.05. The predicted octanol–water partition coefficient (Wildman–Crippen LogP) is 2.45. The van der Waals surface area contributed by atoms with Crippen LogP contribution in [0.3, 0.4) is 0 Å². The number of aromatic carboxylic acids is 1. The Hall–Kier alpha value is -1.42. The van der Waals surface area contributed by atoms with E-state index in [-0.39, 0.29) is 5.56 Å². The van der Waals surface area contributed by atoms with Gasteiger partial charge >= 0.3 is 5.97 Å². The van der Waals surface area contributed by atoms with Gasteiger partial charge in [0.15, 0.2) is 0 Å². The van der Waals surface area contributed by atoms with Crippen molar-refractivity contribution in [1.82, 2.24) is 10.3 Å². The Balaban J connectivity index is 1.82. The van der Waals surface area contributed by atoms with Gasteiger partial charge in [0.1, 0.15) is 0 Å². The van der Waals surface area contributed by atoms with Crippen LogP contribution in [0.25, 0.3) is 0 Å². The molecule has 1 unspecified atom stereocenters. The molecule has 0 aromatic carbocycles. The number of pyridine rings is 1. The molecule has 0 amide bonds. The largest absolute Gasteiger partial charge is 0.478 e. The van der Waals surface area contributed by atoms with E-state index < -0.39 is 5.97 Å². The van der Waals surface area contributed by atoms with Crippen LogP contribution in [0.2, 0.25) is 0 Å². The van der Waals surface area contributed by atoms with E-state index in [2.05, 4.69) is 17.2 Å². The van der Waals surface area contributed by atoms with Gasteiger partial charge in [0.2, 0.25) is 0 Å². The molecule has 0 aliphatic heterocycles. The van der Waals surface area contributed by atoms with E-state index >= 15 is 0 Å². The molecule has 1 saturated carbocycles. The van der Waals surface area contributed by atoms with Gasteiger partial charge in [-0.25, -0.2) is 4.79 Å². The molecule has 1 aromatic heterocycles. The van der Waals surface area contributed by atoms with E-state index in [9.17, 15) is 4.79 Å². The third-order valence-electron chi connectivity index (χ3n) is 3.45. The third kappa shape index (κ3) is 3.81. The summed E-state index contributed by atoms with van der Waals surface area (Å²) in [5.74, 6) is -0.00743. The summed E-state index contributed by atoms with van der Waals surface area (Å²) in [5, 5.41) is 12.3. The zero-order valence-corrected chi connectivity index (χ0v) is 10.7. The lowest BCUT2D eigenvalue weighted by atomic mass is 10.1. The van der Waals surface area contributed by atoms with Crippen molar-refractivity contribution in [3.63, 3.8) is 0 Å². The van der Waals surface area contributed by atoms with E-state index in [0.717, 1.165) is 18.0 Å². The molecule has 98 valence electrons. The number of nitrogens with one attached hydrogen (secondary N) is 1. The molecule has 1 heterocycles. The van der Waals surface area contributed by atoms with Crippen LogP contribution in [-0.4, -0.2) is 22.1 Å². The Morgan fingerprint density at radius 3 is 2.83 bits per heavy atom. The normalized spacial score (nSPS) is 16.5. The number of rotatable bonds is 7. The standard InChI is InChI=1S/C14H20N2O2/c1-2-12(7-10-3-4-10)16-9-13-6-5-11(8-15-13)14(17)18/h5-6,8,10,12,16H,2-4,7,9H2,1H3,(H,17,18). The van der Waals surface area contributed by atoms with Gasteiger partial charge in [-0.15, -0.1) is 0 Å². The molecule has 18 heavy (non-hydrogen) atoms. The van der Waals surface area contributed by atoms with Gasteiger partial charge in [0.25, 0.3) is 0 Å². The third-order valence-corrected chi connectivity index (χ3v) is 3.45. The van der Waals surface area contributed by atoms with E-state index in [1.165, 1.54) is 25.5 Å². The fourth-order valence-corrected chi connectivity index (χ4v) is 2.05. The molecule has 2 rings (SSSR count). The highest BCUT2D eigenvalue weighted by molar-refractivity contribution is 5.87. The maximum Gasteiger partial charge on any atom is 0.337 e. The summed E-state index contributed by atoms with van der Waals surface area (Å²) in [6.45, 7) is 2.91. The van der Waals surface area contributed by atoms with E-state index in [1.807, 2.05) is 0 Å². The van der Waals surface area contributed by atoms with E-state index in [1.54, 1.807) is 12.1 Å². The van der Waals surface area contributed by atoms with Gasteiger partial charge < -0.3 is 10.4 Å². The Morgan fingerprint density at radius 1 is 1.56 bits per heavy atom. The van der Waals surface area contributed by atoms with Crippen molar-refractivity contribution in [3.05, 3.63) is 29.6 Å². The topological polar surface area (TPSA) is 62.2 Å². The summed E-state index contributed by atoms with van der Waals surface area (Å²) in [6, 6.07) is 3.94. The molecule has 0 saturated heterocycles. The zero-order valence-electron chi connectivity index (χ0n) is 10.7. The van der Waals surface area contributed by atoms with Crippen molar-refractivity contribution in [2.45, 2.75) is 45.2 Å². The predicted molar refractivity (Wildman–Crippen MR) is 69.5 cm³/mol. The number of carboxylic acid groups (broad SMARTS) is 1. The SMILES string of the molecule is CCC(CC1CC1)NCc1ccc(C(=O)O)cn1. The first-order valence-corrected chi connectivity index (χ1v) is 6.60. The second-order valence-corrected chi connectivity index (χ2v) is 5.01. The maximum atomic E-state index is 10.7. The van der Waals surface area contributed by atoms with Crippen LogP contribution in [0, 0.1) is 5.92 Å². The first-order chi connectivity index (χ1) is 8.69. The van der Waals surface area contributed by atoms with Crippen molar-refractivity contribution in [3.8, 4) is 0 Å². The maximum absolute atomic E-state index is 10.7. The number of hydrogen-bond donors (Lipinski definition) is 2. The van der Waals surface area contributed by atoms with E-state index in [4.69, 9.17) is 5.11 Å². The quantitative estimate of drug-likeness (QED) is 0.778. The van der Waals surface area contributed by atoms with Gasteiger partial charge in [-0.3, -0.25) is 4.98 Å². The second-order valence-electron chi connectivity index (χ2n) is 5.01. The molecule has 2 N–H and O–H groups in total. The minimum absolute atomic E-state index is 0.240. The Kier molecular flexibility index (Phi) is 4.31. The van der Waals surface area contributed by atoms with Crippen LogP contribution in [0.1, 0.15) is 48.7 Å². The molecule has 1 fully saturated rings. The monoisotopic (exact) mass is 248 g/mol. The molecule has 0 spiro atoms. The summed E-state index contributed by atoms with van der Waals surface area (Å²) in [4.78, 5) is 14.9. The highest BCUT2D eigenvalue weighted by Gasteiger charge is 2.24. The lowest BCUT2D eigenvalue weighted by molar-refractivity contribution is 0.0696. The Bertz CT molecular complexity index is 399. The average molecular weight is 248 g/mol. The molecule has 0 radical (unpaired) electrons. The highest BCUT2D eigenvalue weighted by Crippen LogP contribution is 2.34. The van der Waals surface area contributed by atoms with E-state index in [0.29, 0.717) is 12.6 Å². The molecule has 1 aliphatic rings. The first kappa shape index (κ1) is 13.0. The van der Waals surface area contributed by atoms with Gasteiger partial charge in [-0.05, 0) is 30.9 Å². The molecular formula is C14H20N2O2. The van der Waals surface area contributed by atoms with Crippen LogP contribution >= 0.6 is 0 Å². The smallest absolute Gasteiger partial charge is 0.337 e. The second kappa shape index (κ2) is 5.96. The Labute approximate surface area is 107 Å². The molecule has 0 bridgehead atoms. The number of carboxylic acids is 1. The lowest BCUT2D eigenvalue weighted by Crippen LogP contribution is -2.28. The average Bonchev–Trinajstić information content (AvgIpc) is 3.18. The molecule has 1 atom stereocenters. The number of nitrogens with zero attached hydrogens (tertiary/aromatic N) is 1. The molecule has 4 nitrogen and oxygen atoms in total. The Morgan fingerprint density at radius 2 is 2.33 bits per heavy atom. The zero-order chi connectivity index (χ0) is 13.0. The molecule has 1 aromatic rings. The molecular weight excluding hydrogens is 228 g/mol. The van der Waals surface area contributed by atoms with Crippen LogP contribution in [0.5, 0.6) is 0 Å². The lowest BCUT2D eigenvalue weighted by Gasteiger charge is -2.16. The van der Waals surface area contributed by atoms with Gasteiger partial charge in [0.05, 0.1) is 11.3 Å². The minimum atomic E-state index is -0.929. The van der Waals surface area contributed by atoms with Crippen LogP contribution in [0.15, 0.2) is 18.3 Å². The van der Waals surface area contributed by atoms with Crippen molar-refractivity contribution >= 4 is 5.97 Å². The summed E-state index contributed by atoms with van der Waals surface area (Å²) < 4.78 is 0. The van der Waals surface area contributed by atoms with Crippen LogP contribution in [0.4, 0.5) is 0 Å². The van der Waals surface area contributed by atoms with Gasteiger partial charge in [0, 0.05) is 18.8 Å². The summed E-state index contributed by atoms with van der Waals surface area (Å²) in [6.07, 6.45) is 6.56. The first-order valence-electron chi connectivity index (χ1n) is 6.60. The minimum Gasteiger partial charge on any atom is -0.478 e. The summed E-state index contributed by atoms with van der Waals surface area (Å²) in [7, 11) is 0. The van der Waals surface area contributed by atoms with Crippen LogP contribution in [-0.2, 0) is 6.54 Å². The van der Waals surface area contributed by atoms with Crippen molar-refractivity contribution in [2.24, 2.45) is 5.92 Å². The van der Waals surface area contributed by atoms with Crippen LogP contribution < -0.4 is 5.32 Å². The number of aromatic nitrogens is 1. The molecule has 1 aliphatic carbocycles. The summed E-state index contributed by atoms with van der Waals surface area (Å²) in [5.41, 5.74) is 1.14. The molecule has 4 heteroatoms. The van der Waals surface area contributed by atoms with Crippen molar-refractivity contribution in [2.75, 3.05) is 0 Å². The van der Waals surface area contributed by atoms with Gasteiger partial charge in [-0.2, -0.15) is 0 Å². The summed E-state index contributed by atoms with van der Waals surface area (Å²) >= 11 is 0. The number of hydrogen-bond acceptors (Lipinski definition) is 3. The van der Waals surface area contributed by atoms with Crippen molar-refractivity contribution in [1.29, 1.82) is 0 Å².